The van der Waals surface area contributed by atoms with Crippen LogP contribution in [0.15, 0.2) is 54.6 Å². The molecule has 2 aromatic carbocycles. The van der Waals surface area contributed by atoms with Crippen LogP contribution in [-0.2, 0) is 60.8 Å². The zero-order chi connectivity index (χ0) is 43.4. The second kappa shape index (κ2) is 18.7. The van der Waals surface area contributed by atoms with E-state index < -0.39 is 77.0 Å². The van der Waals surface area contributed by atoms with Gasteiger partial charge in [-0.05, 0) is 47.7 Å². The summed E-state index contributed by atoms with van der Waals surface area (Å²) in [6.45, 7) is 8.11. The normalized spacial score (nSPS) is 28.3. The van der Waals surface area contributed by atoms with Crippen LogP contribution in [0.4, 0.5) is 0 Å². The van der Waals surface area contributed by atoms with E-state index in [0.717, 1.165) is 44.1 Å². The second-order valence-electron chi connectivity index (χ2n) is 17.6. The van der Waals surface area contributed by atoms with Gasteiger partial charge in [0.15, 0.2) is 11.8 Å². The Morgan fingerprint density at radius 1 is 0.918 bits per heavy atom. The number of amides is 2. The van der Waals surface area contributed by atoms with Crippen molar-refractivity contribution in [2.45, 2.75) is 141 Å². The lowest BCUT2D eigenvalue weighted by atomic mass is 9.62. The predicted molar refractivity (Wildman–Crippen MR) is 220 cm³/mol. The van der Waals surface area contributed by atoms with E-state index in [-0.39, 0.29) is 45.2 Å². The number of fused-ring (bicyclic) bond motifs is 4. The Hall–Kier alpha value is -4.67. The average molecular weight is 846 g/mol. The molecule has 0 radical (unpaired) electrons. The van der Waals surface area contributed by atoms with E-state index in [1.54, 1.807) is 50.3 Å². The Balaban J connectivity index is 1.16. The van der Waals surface area contributed by atoms with Crippen LogP contribution < -0.4 is 10.6 Å². The highest BCUT2D eigenvalue weighted by molar-refractivity contribution is 5.95. The van der Waals surface area contributed by atoms with Gasteiger partial charge in [0, 0.05) is 49.4 Å². The first-order chi connectivity index (χ1) is 29.3. The molecule has 61 heavy (non-hydrogen) atoms. The molecule has 5 fully saturated rings. The van der Waals surface area contributed by atoms with Crippen molar-refractivity contribution in [3.05, 3.63) is 76.9 Å². The molecule has 15 heteroatoms. The molecule has 330 valence electrons. The predicted octanol–water partition coefficient (Wildman–Crippen LogP) is 4.67. The van der Waals surface area contributed by atoms with Crippen molar-refractivity contribution in [2.24, 2.45) is 10.8 Å². The number of rotatable bonds is 19. The molecule has 2 bridgehead atoms. The Labute approximate surface area is 356 Å². The zero-order valence-corrected chi connectivity index (χ0v) is 35.5. The van der Waals surface area contributed by atoms with Crippen molar-refractivity contribution in [2.75, 3.05) is 19.8 Å². The lowest BCUT2D eigenvalue weighted by molar-refractivity contribution is -0.224. The third-order valence-corrected chi connectivity index (χ3v) is 12.5. The largest absolute Gasteiger partial charge is 0.462 e. The molecular formula is C46H59N3O12. The van der Waals surface area contributed by atoms with Crippen LogP contribution in [0, 0.1) is 10.8 Å². The van der Waals surface area contributed by atoms with E-state index in [9.17, 15) is 24.0 Å². The number of unbranched alkanes of at least 4 members (excludes halogenated alkanes) is 4. The topological polar surface area (TPSA) is 188 Å². The Kier molecular flexibility index (Phi) is 13.6. The van der Waals surface area contributed by atoms with Gasteiger partial charge in [-0.2, -0.15) is 5.06 Å². The number of hydrogen-bond donors (Lipinski definition) is 3. The lowest BCUT2D eigenvalue weighted by Crippen LogP contribution is -2.69. The fraction of sp³-hybridized carbons (Fsp3) is 0.587. The number of nitrogens with one attached hydrogen (secondary N) is 2. The van der Waals surface area contributed by atoms with Gasteiger partial charge in [0.1, 0.15) is 36.4 Å². The average Bonchev–Trinajstić information content (AvgIpc) is 3.88. The number of aliphatic hydroxyl groups is 1. The maximum absolute atomic E-state index is 14.9. The van der Waals surface area contributed by atoms with E-state index in [1.165, 1.54) is 11.1 Å². The van der Waals surface area contributed by atoms with Gasteiger partial charge < -0.3 is 39.4 Å². The second-order valence-corrected chi connectivity index (χ2v) is 17.6. The van der Waals surface area contributed by atoms with Gasteiger partial charge in [-0.15, -0.1) is 0 Å². The van der Waals surface area contributed by atoms with Crippen LogP contribution in [0.25, 0.3) is 6.08 Å². The molecule has 7 rings (SSSR count). The van der Waals surface area contributed by atoms with Gasteiger partial charge in [-0.3, -0.25) is 19.2 Å². The minimum absolute atomic E-state index is 0.0700. The summed E-state index contributed by atoms with van der Waals surface area (Å²) in [5, 5.41) is 16.4. The van der Waals surface area contributed by atoms with Gasteiger partial charge in [0.05, 0.1) is 13.2 Å². The molecule has 7 atom stereocenters. The first kappa shape index (κ1) is 44.4. The monoisotopic (exact) mass is 845 g/mol. The van der Waals surface area contributed by atoms with Gasteiger partial charge in [-0.25, -0.2) is 9.59 Å². The Bertz CT molecular complexity index is 1980. The molecule has 1 saturated carbocycles. The van der Waals surface area contributed by atoms with Crippen molar-refractivity contribution in [3.63, 3.8) is 0 Å². The molecule has 3 N–H and O–H groups in total. The van der Waals surface area contributed by atoms with Crippen molar-refractivity contribution in [3.8, 4) is 0 Å². The number of carbonyl (C=O) groups is 5. The summed E-state index contributed by atoms with van der Waals surface area (Å²) in [4.78, 5) is 73.6. The molecule has 15 nitrogen and oxygen atoms in total. The quantitative estimate of drug-likeness (QED) is 0.0767. The maximum Gasteiger partial charge on any atom is 0.348 e. The minimum atomic E-state index is -1.42. The fourth-order valence-electron chi connectivity index (χ4n) is 9.37. The Morgan fingerprint density at radius 2 is 1.64 bits per heavy atom. The smallest absolute Gasteiger partial charge is 0.348 e. The van der Waals surface area contributed by atoms with Crippen LogP contribution >= 0.6 is 0 Å². The lowest BCUT2D eigenvalue weighted by Gasteiger charge is -2.48. The summed E-state index contributed by atoms with van der Waals surface area (Å²) in [5.74, 6) is -3.53. The summed E-state index contributed by atoms with van der Waals surface area (Å²) >= 11 is 0. The van der Waals surface area contributed by atoms with Crippen molar-refractivity contribution in [1.29, 1.82) is 0 Å². The van der Waals surface area contributed by atoms with Crippen molar-refractivity contribution < 1.29 is 57.6 Å². The molecule has 4 aliphatic heterocycles. The molecule has 4 heterocycles. The molecule has 5 aliphatic rings. The summed E-state index contributed by atoms with van der Waals surface area (Å²) in [5.41, 5.74) is 0.368. The third kappa shape index (κ3) is 9.26. The van der Waals surface area contributed by atoms with Crippen molar-refractivity contribution in [1.82, 2.24) is 15.7 Å². The molecular weight excluding hydrogens is 787 g/mol. The van der Waals surface area contributed by atoms with Gasteiger partial charge in [0.2, 0.25) is 12.0 Å². The molecule has 1 aliphatic carbocycles. The highest BCUT2D eigenvalue weighted by Crippen LogP contribution is 2.58. The van der Waals surface area contributed by atoms with E-state index >= 15 is 0 Å². The summed E-state index contributed by atoms with van der Waals surface area (Å²) in [6.07, 6.45) is 6.14. The number of hydrogen-bond acceptors (Lipinski definition) is 13. The van der Waals surface area contributed by atoms with Gasteiger partial charge >= 0.3 is 17.9 Å². The van der Waals surface area contributed by atoms with Crippen LogP contribution in [0.5, 0.6) is 0 Å². The Morgan fingerprint density at radius 3 is 2.34 bits per heavy atom. The van der Waals surface area contributed by atoms with Gasteiger partial charge in [0.25, 0.3) is 5.91 Å². The molecule has 0 aromatic heterocycles. The number of hydroxylamine groups is 2. The van der Waals surface area contributed by atoms with E-state index in [2.05, 4.69) is 24.5 Å². The van der Waals surface area contributed by atoms with Crippen LogP contribution in [0.3, 0.4) is 0 Å². The summed E-state index contributed by atoms with van der Waals surface area (Å²) < 4.78 is 30.6. The van der Waals surface area contributed by atoms with Crippen LogP contribution in [-0.4, -0.2) is 102 Å². The number of nitrogens with zero attached hydrogens (tertiary/aromatic N) is 1. The number of carbonyl (C=O) groups excluding carboxylic acids is 5. The minimum Gasteiger partial charge on any atom is -0.462 e. The first-order valence-electron chi connectivity index (χ1n) is 21.7. The maximum atomic E-state index is 14.9. The number of cyclic esters (lactones) is 1. The van der Waals surface area contributed by atoms with E-state index in [0.29, 0.717) is 29.5 Å². The highest BCUT2D eigenvalue weighted by Gasteiger charge is 2.76. The first-order valence-corrected chi connectivity index (χ1v) is 21.7. The van der Waals surface area contributed by atoms with Gasteiger partial charge in [-0.1, -0.05) is 89.8 Å². The standard InChI is InChI=1S/C46H59N3O12/c1-5-7-9-19-45(20-10-8-6-2)59-35-33-25-46(43(55)48-26-30-14-12-16-32(24-30)40(52)47-21-22-50)37(41(53)57-33)49(61-38(46)36(35)60-45)27-31-15-11-13-29(23-31)17-18-34(51)58-39-42(54)56-28-44(39,3)4/h11-18,23-24,33,35-39,50H,5-10,19-22,25-28H2,1-4H3,(H,47,52)(H,48,55)/t33-,35+,36+,37-,38-,39+,46-/m1/s1. The fourth-order valence-corrected chi connectivity index (χ4v) is 9.37. The number of benzene rings is 2. The van der Waals surface area contributed by atoms with E-state index in [4.69, 9.17) is 33.6 Å². The number of ether oxygens (including phenoxy) is 5. The molecule has 4 saturated heterocycles. The van der Waals surface area contributed by atoms with Crippen molar-refractivity contribution >= 4 is 35.8 Å². The summed E-state index contributed by atoms with van der Waals surface area (Å²) in [6, 6.07) is 13.0. The number of esters is 3. The van der Waals surface area contributed by atoms with E-state index in [1.807, 2.05) is 18.2 Å². The SMILES string of the molecule is CCCCCC1(CCCCC)O[C@@H]2[C@H](O1)[C@H]1ON(Cc3cccc(C=CC(=O)O[C@H]4C(=O)OCC4(C)C)c3)[C@@H]3C(=O)O[C@@H]2C[C@]13C(=O)NCc1cccc(C(=O)NCCO)c1. The molecule has 0 unspecified atom stereocenters. The highest BCUT2D eigenvalue weighted by atomic mass is 16.8. The summed E-state index contributed by atoms with van der Waals surface area (Å²) in [7, 11) is 0. The van der Waals surface area contributed by atoms with Crippen LogP contribution in [0.1, 0.15) is 113 Å². The molecule has 2 amide bonds. The zero-order valence-electron chi connectivity index (χ0n) is 35.5. The molecule has 0 spiro atoms. The van der Waals surface area contributed by atoms with Crippen LogP contribution in [0.2, 0.25) is 0 Å². The molecule has 2 aromatic rings. The third-order valence-electron chi connectivity index (χ3n) is 12.5. The number of aliphatic hydroxyl groups excluding tert-OH is 1.